The highest BCUT2D eigenvalue weighted by Gasteiger charge is 2.49. The first-order chi connectivity index (χ1) is 32.6. The number of carbonyl (C=O) groups is 5. The van der Waals surface area contributed by atoms with Crippen molar-refractivity contribution in [3.8, 4) is 0 Å². The van der Waals surface area contributed by atoms with Crippen LogP contribution in [0.3, 0.4) is 0 Å². The van der Waals surface area contributed by atoms with Crippen molar-refractivity contribution in [1.29, 1.82) is 0 Å². The maximum Gasteiger partial charge on any atom is 0.281 e. The van der Waals surface area contributed by atoms with Gasteiger partial charge in [0.25, 0.3) is 6.04 Å². The minimum absolute atomic E-state index is 0.0122. The van der Waals surface area contributed by atoms with E-state index in [0.29, 0.717) is 40.1 Å². The fourth-order valence-electron chi connectivity index (χ4n) is 13.5. The second-order valence-electron chi connectivity index (χ2n) is 30.3. The average Bonchev–Trinajstić information content (AvgIpc) is 3.67. The number of hydrogen-bond donors (Lipinski definition) is 1. The zero-order valence-corrected chi connectivity index (χ0v) is 50.1. The van der Waals surface area contributed by atoms with Crippen molar-refractivity contribution < 1.29 is 33.6 Å². The number of aliphatic hydroxyl groups excluding tert-OH is 1. The Hall–Kier alpha value is -4.44. The van der Waals surface area contributed by atoms with Crippen LogP contribution in [0.25, 0.3) is 9.69 Å². The van der Waals surface area contributed by atoms with E-state index < -0.39 is 6.04 Å². The van der Waals surface area contributed by atoms with E-state index in [4.69, 9.17) is 22.8 Å². The lowest BCUT2D eigenvalue weighted by Gasteiger charge is -2.40. The summed E-state index contributed by atoms with van der Waals surface area (Å²) in [5.41, 5.74) is 3.40. The molecule has 10 nitrogen and oxygen atoms in total. The van der Waals surface area contributed by atoms with Gasteiger partial charge in [-0.1, -0.05) is 170 Å². The van der Waals surface area contributed by atoms with E-state index >= 15 is 0 Å². The Bertz CT molecular complexity index is 2390. The third-order valence-corrected chi connectivity index (χ3v) is 15.4. The van der Waals surface area contributed by atoms with Gasteiger partial charge in [-0.25, -0.2) is 11.4 Å². The zero-order valence-electron chi connectivity index (χ0n) is 50.1. The fraction of sp³-hybridized carbons (Fsp3) is 0.746. The second-order valence-corrected chi connectivity index (χ2v) is 30.3. The zero-order chi connectivity index (χ0) is 57.0. The van der Waals surface area contributed by atoms with Crippen LogP contribution >= 0.6 is 0 Å². The summed E-state index contributed by atoms with van der Waals surface area (Å²) in [6, 6.07) is -0.404. The van der Waals surface area contributed by atoms with Gasteiger partial charge in [0, 0.05) is 57.5 Å². The Labute approximate surface area is 443 Å². The van der Waals surface area contributed by atoms with Crippen molar-refractivity contribution in [1.82, 2.24) is 5.16 Å². The van der Waals surface area contributed by atoms with Crippen LogP contribution in [0, 0.1) is 67.3 Å². The van der Waals surface area contributed by atoms with Gasteiger partial charge in [0.05, 0.1) is 19.0 Å². The molecule has 1 heterocycles. The van der Waals surface area contributed by atoms with Gasteiger partial charge in [-0.2, -0.15) is 0 Å². The van der Waals surface area contributed by atoms with Gasteiger partial charge in [-0.15, -0.1) is 0 Å². The molecule has 1 aromatic heterocycles. The van der Waals surface area contributed by atoms with Crippen molar-refractivity contribution >= 4 is 28.9 Å². The maximum absolute atomic E-state index is 11.8. The summed E-state index contributed by atoms with van der Waals surface area (Å²) in [5, 5.41) is 12.8. The van der Waals surface area contributed by atoms with Crippen molar-refractivity contribution in [2.45, 2.75) is 248 Å². The van der Waals surface area contributed by atoms with E-state index in [0.717, 1.165) is 81.8 Å². The van der Waals surface area contributed by atoms with Gasteiger partial charge < -0.3 is 19.3 Å². The first-order valence-electron chi connectivity index (χ1n) is 26.7. The normalized spacial score (nSPS) is 27.1. The van der Waals surface area contributed by atoms with E-state index in [1.807, 2.05) is 54.7 Å². The molecule has 0 bridgehead atoms. The quantitative estimate of drug-likeness (QED) is 0.154. The Morgan fingerprint density at radius 3 is 1.58 bits per heavy atom. The molecule has 0 saturated heterocycles. The Morgan fingerprint density at radius 1 is 0.589 bits per heavy atom. The van der Waals surface area contributed by atoms with Gasteiger partial charge in [-0.3, -0.25) is 19.2 Å². The molecule has 3 saturated carbocycles. The Balaban J connectivity index is 0.000000301. The van der Waals surface area contributed by atoms with Crippen LogP contribution in [0.4, 0.5) is 0 Å². The summed E-state index contributed by atoms with van der Waals surface area (Å²) >= 11 is 0. The van der Waals surface area contributed by atoms with Crippen LogP contribution < -0.4 is 0 Å². The van der Waals surface area contributed by atoms with Gasteiger partial charge in [0.2, 0.25) is 11.5 Å². The van der Waals surface area contributed by atoms with Gasteiger partial charge in [0.1, 0.15) is 11.5 Å². The van der Waals surface area contributed by atoms with Crippen LogP contribution in [-0.2, 0) is 35.8 Å². The smallest absolute Gasteiger partial charge is 0.281 e. The van der Waals surface area contributed by atoms with Crippen molar-refractivity contribution in [2.24, 2.45) is 54.1 Å². The molecule has 1 N–H and O–H groups in total. The topological polar surface area (TPSA) is 140 Å². The molecular formula is C63H99N3O7. The molecule has 1 atom stereocenters. The predicted octanol–water partition coefficient (Wildman–Crippen LogP) is 16.4. The summed E-state index contributed by atoms with van der Waals surface area (Å²) in [7, 11) is 0. The Morgan fingerprint density at radius 2 is 1.10 bits per heavy atom. The molecule has 408 valence electrons. The molecule has 7 rings (SSSR count). The number of ketones is 5. The van der Waals surface area contributed by atoms with Gasteiger partial charge >= 0.3 is 0 Å². The number of rotatable bonds is 0. The molecule has 10 heteroatoms. The highest BCUT2D eigenvalue weighted by molar-refractivity contribution is 6.02. The van der Waals surface area contributed by atoms with Gasteiger partial charge in [0.15, 0.2) is 17.3 Å². The van der Waals surface area contributed by atoms with Crippen molar-refractivity contribution in [2.75, 3.05) is 0 Å². The van der Waals surface area contributed by atoms with Gasteiger partial charge in [-0.05, 0) is 103 Å². The highest BCUT2D eigenvalue weighted by atomic mass is 16.5. The summed E-state index contributed by atoms with van der Waals surface area (Å²) in [4.78, 5) is 64.3. The van der Waals surface area contributed by atoms with Crippen LogP contribution in [-0.4, -0.2) is 45.2 Å². The van der Waals surface area contributed by atoms with Crippen LogP contribution in [0.1, 0.15) is 241 Å². The molecule has 0 radical (unpaired) electrons. The molecule has 0 amide bonds. The number of aliphatic hydroxyl groups is 1. The Kier molecular flexibility index (Phi) is 20.2. The summed E-state index contributed by atoms with van der Waals surface area (Å²) in [6.07, 6.45) is 17.6. The standard InChI is InChI=1S/2C11H17NO.C11H15NO.C11H18O2.C10H18O.C9H14O/c1-10(2)5-8-6-12-13-9(8)11(3,4)7-10;2*1-10(2)6-8(12-5)9(13)11(3,4)7-10;1-10(2)5-8(6-12)9(13)11(3,4)7-10;1-9(2)6-5-8(11)10(3,4)7-9;1-7-6-9(2,3)5-4-8(7)10/h6H,5,7H2,1-4H3;8H,6-7H2,1-4H3;6H,7H2,1-4H3;6,12H,5,7H2,1-4H3;5-7H2,1-4H3;6H,4-5H2,1-3H3/b;;;8-6-;;. The molecule has 0 spiro atoms. The number of Topliss-reactive ketones (excluding diaryl/α,β-unsaturated/α-hetero) is 5. The number of fused-ring (bicyclic) bond motifs is 1. The SMILES string of the molecule is CC1(C)C/C(=C/O)C(=O)C(C)(C)C1.CC1(C)CCC(=O)C(C)(C)C1.CC1(C)Cc2cnoc2C(C)(C)C1.CC1=CC(C)(C)CCC1=O.[C-]#[N+]C1=CC(C)(C)CC(C)(C)C1=O.[C-]#[N+]C1CC(C)(C)CC(C)(C)C1=O. The lowest BCUT2D eigenvalue weighted by Crippen LogP contribution is -2.44. The summed E-state index contributed by atoms with van der Waals surface area (Å²) < 4.78 is 5.31. The first-order valence-corrected chi connectivity index (χ1v) is 26.7. The molecule has 0 aliphatic heterocycles. The third kappa shape index (κ3) is 18.7. The number of hydrogen-bond acceptors (Lipinski definition) is 8. The molecular weight excluding hydrogens is 911 g/mol. The lowest BCUT2D eigenvalue weighted by molar-refractivity contribution is -0.133. The van der Waals surface area contributed by atoms with E-state index in [-0.39, 0.29) is 66.1 Å². The maximum atomic E-state index is 11.8. The second kappa shape index (κ2) is 22.8. The lowest BCUT2D eigenvalue weighted by atomic mass is 9.63. The van der Waals surface area contributed by atoms with E-state index in [1.54, 1.807) is 6.08 Å². The van der Waals surface area contributed by atoms with E-state index in [1.165, 1.54) is 12.0 Å². The molecule has 1 aromatic rings. The molecule has 73 heavy (non-hydrogen) atoms. The van der Waals surface area contributed by atoms with Crippen LogP contribution in [0.2, 0.25) is 0 Å². The number of allylic oxidation sites excluding steroid dienone is 5. The highest BCUT2D eigenvalue weighted by Crippen LogP contribution is 2.48. The monoisotopic (exact) mass is 1010 g/mol. The molecule has 3 fully saturated rings. The van der Waals surface area contributed by atoms with E-state index in [2.05, 4.69) is 132 Å². The largest absolute Gasteiger partial charge is 0.515 e. The van der Waals surface area contributed by atoms with E-state index in [9.17, 15) is 24.0 Å². The average molecular weight is 1010 g/mol. The number of nitrogens with zero attached hydrogens (tertiary/aromatic N) is 3. The number of aromatic nitrogens is 1. The summed E-state index contributed by atoms with van der Waals surface area (Å²) in [6.45, 7) is 62.1. The first kappa shape index (κ1) is 64.7. The fourth-order valence-corrected chi connectivity index (χ4v) is 13.5. The third-order valence-electron chi connectivity index (χ3n) is 15.4. The molecule has 0 aromatic carbocycles. The van der Waals surface area contributed by atoms with Crippen molar-refractivity contribution in [3.63, 3.8) is 0 Å². The predicted molar refractivity (Wildman–Crippen MR) is 296 cm³/mol. The molecule has 6 aliphatic rings. The van der Waals surface area contributed by atoms with Crippen LogP contribution in [0.15, 0.2) is 46.0 Å². The molecule has 6 aliphatic carbocycles. The minimum Gasteiger partial charge on any atom is -0.515 e. The minimum atomic E-state index is -0.404. The van der Waals surface area contributed by atoms with Crippen LogP contribution in [0.5, 0.6) is 0 Å². The molecule has 1 unspecified atom stereocenters. The summed E-state index contributed by atoms with van der Waals surface area (Å²) in [5.74, 6) is 2.06. The number of carbonyl (C=O) groups excluding carboxylic acids is 5. The van der Waals surface area contributed by atoms with Crippen molar-refractivity contribution in [3.05, 3.63) is 75.6 Å².